The first-order valence-corrected chi connectivity index (χ1v) is 35.3. The number of imidazole rings is 3. The van der Waals surface area contributed by atoms with Crippen LogP contribution in [0.15, 0.2) is 245 Å². The van der Waals surface area contributed by atoms with Gasteiger partial charge in [-0.15, -0.1) is 0 Å². The molecule has 2 atom stereocenters. The number of fused-ring (bicyclic) bond motifs is 30. The maximum Gasteiger partial charge on any atom is 0.267 e. The summed E-state index contributed by atoms with van der Waals surface area (Å²) in [6.45, 7) is 10.1. The minimum absolute atomic E-state index is 0.0651. The molecule has 0 aliphatic carbocycles. The summed E-state index contributed by atoms with van der Waals surface area (Å²) in [5.74, 6) is 0.515. The first-order valence-electron chi connectivity index (χ1n) is 35.3. The number of amides is 4. The molecule has 15 aromatic rings. The minimum Gasteiger partial charge on any atom is -0.356 e. The van der Waals surface area contributed by atoms with Crippen LogP contribution in [0.1, 0.15) is 103 Å². The van der Waals surface area contributed by atoms with Gasteiger partial charge in [-0.25, -0.2) is 29.0 Å². The van der Waals surface area contributed by atoms with Gasteiger partial charge < -0.3 is 19.0 Å². The lowest BCUT2D eigenvalue weighted by Crippen LogP contribution is -2.26. The van der Waals surface area contributed by atoms with E-state index in [2.05, 4.69) is 47.6 Å². The highest BCUT2D eigenvalue weighted by molar-refractivity contribution is 6.06. The maximum atomic E-state index is 13.5. The zero-order valence-electron chi connectivity index (χ0n) is 59.2. The van der Waals surface area contributed by atoms with E-state index < -0.39 is 0 Å². The predicted octanol–water partition coefficient (Wildman–Crippen LogP) is 11.7. The van der Waals surface area contributed by atoms with E-state index in [0.29, 0.717) is 90.8 Å². The van der Waals surface area contributed by atoms with Crippen LogP contribution in [0.25, 0.3) is 66.9 Å². The quantitative estimate of drug-likeness (QED) is 0.128. The Labute approximate surface area is 616 Å². The van der Waals surface area contributed by atoms with Crippen molar-refractivity contribution >= 4 is 74.6 Å². The largest absolute Gasteiger partial charge is 0.356 e. The van der Waals surface area contributed by atoms with Gasteiger partial charge in [-0.1, -0.05) is 103 Å². The van der Waals surface area contributed by atoms with Crippen LogP contribution in [0.4, 0.5) is 17.8 Å². The Balaban J connectivity index is 0.000000124. The topological polar surface area (TPSA) is 292 Å². The molecule has 25 heteroatoms. The summed E-state index contributed by atoms with van der Waals surface area (Å²) in [6, 6.07) is 66.8. The van der Waals surface area contributed by atoms with E-state index in [4.69, 9.17) is 15.1 Å². The van der Waals surface area contributed by atoms with Gasteiger partial charge in [0.25, 0.3) is 34.4 Å². The minimum atomic E-state index is -0.381. The lowest BCUT2D eigenvalue weighted by molar-refractivity contribution is -0.118. The molecule has 0 saturated heterocycles. The third-order valence-electron chi connectivity index (χ3n) is 19.5. The monoisotopic (exact) mass is 1430 g/mol. The molecule has 0 saturated carbocycles. The van der Waals surface area contributed by atoms with E-state index in [-0.39, 0.29) is 58.9 Å². The zero-order chi connectivity index (χ0) is 74.3. The highest BCUT2D eigenvalue weighted by atomic mass is 16.2. The number of nitrogens with one attached hydrogen (secondary N) is 4. The number of aromatic nitrogens is 14. The first kappa shape index (κ1) is 68.3. The Hall–Kier alpha value is -14.1. The maximum absolute atomic E-state index is 13.5. The van der Waals surface area contributed by atoms with Gasteiger partial charge in [-0.3, -0.25) is 54.2 Å². The molecule has 25 nitrogen and oxygen atoms in total. The summed E-state index contributed by atoms with van der Waals surface area (Å²) in [6.07, 6.45) is 4.36. The number of carbonyl (C=O) groups excluding carboxylic acids is 4. The number of anilines is 3. The third kappa shape index (κ3) is 14.0. The van der Waals surface area contributed by atoms with Crippen LogP contribution in [0.2, 0.25) is 0 Å². The molecule has 4 amide bonds. The molecule has 0 fully saturated rings. The number of nitrogens with zero attached hydrogens (tertiary/aromatic N) is 14. The lowest BCUT2D eigenvalue weighted by atomic mass is 10.0. The van der Waals surface area contributed by atoms with Crippen LogP contribution < -0.4 is 37.9 Å². The summed E-state index contributed by atoms with van der Waals surface area (Å²) in [5.41, 5.74) is 16.9. The standard InChI is InChI=1S/C31H28N6O3.C27H21N5O2.C25H21N7O2/c1-19-23-6-4-8-25(17-23)30(40)34-31-33-27-16-21(13-14-32-20(2)38)9-11-28(27)36(31)18-22-5-3-7-24(15-22)26-10-12-29(39)37(19)35-26;1-17-19-7-5-9-21(15-19)26(34)29-27-28-23-10-2-3-11-24(23)31(27)16-18-6-4-8-20(14-18)22-12-13-25(33)32(17)30-22;1-16-11-22(33)32-14-17-5-4-6-18(12-17)24(34)28-25-27-20-7-2-3-8-21(20)31(25)10-9-30-15-19(13-26-30)23(16)29-32/h3-12,15-17,19H,13-14,18H2,1-2H3,(H,32,38)(H,33,34,40);2-15,17H,16H2,1H3,(H,28,29,34);2-8,11-13,15H,9-10,14H2,1H3,(H,27,28,34). The van der Waals surface area contributed by atoms with E-state index in [1.54, 1.807) is 79.0 Å². The molecule has 7 aromatic heterocycles. The van der Waals surface area contributed by atoms with Gasteiger partial charge in [0.15, 0.2) is 0 Å². The van der Waals surface area contributed by atoms with Crippen molar-refractivity contribution in [2.75, 3.05) is 22.5 Å². The van der Waals surface area contributed by atoms with E-state index in [1.165, 1.54) is 27.0 Å². The smallest absolute Gasteiger partial charge is 0.267 e. The van der Waals surface area contributed by atoms with Crippen LogP contribution in [0.5, 0.6) is 0 Å². The van der Waals surface area contributed by atoms with Crippen molar-refractivity contribution in [2.45, 2.75) is 78.9 Å². The number of carbonyl (C=O) groups is 4. The summed E-state index contributed by atoms with van der Waals surface area (Å²) < 4.78 is 12.2. The fraction of sp³-hybridized carbons (Fsp3) is 0.157. The molecule has 8 aromatic carbocycles. The van der Waals surface area contributed by atoms with Crippen molar-refractivity contribution in [1.29, 1.82) is 0 Å². The Morgan fingerprint density at radius 3 is 1.50 bits per heavy atom. The van der Waals surface area contributed by atoms with Crippen LogP contribution in [-0.2, 0) is 43.9 Å². The molecule has 18 bridgehead atoms. The normalized spacial score (nSPS) is 14.4. The Morgan fingerprint density at radius 1 is 0.454 bits per heavy atom. The molecule has 3 aliphatic heterocycles. The first-order chi connectivity index (χ1) is 52.5. The van der Waals surface area contributed by atoms with Gasteiger partial charge in [0, 0.05) is 77.8 Å². The van der Waals surface area contributed by atoms with Crippen molar-refractivity contribution in [3.8, 4) is 33.8 Å². The second-order valence-corrected chi connectivity index (χ2v) is 26.9. The van der Waals surface area contributed by atoms with Crippen LogP contribution in [0.3, 0.4) is 0 Å². The van der Waals surface area contributed by atoms with Crippen molar-refractivity contribution < 1.29 is 19.2 Å². The molecule has 3 aliphatic rings. The molecule has 0 radical (unpaired) electrons. The molecule has 534 valence electrons. The average molecular weight is 1430 g/mol. The van der Waals surface area contributed by atoms with Gasteiger partial charge in [0.2, 0.25) is 23.8 Å². The van der Waals surface area contributed by atoms with Gasteiger partial charge in [0.1, 0.15) is 0 Å². The Bertz CT molecular complexity index is 6290. The molecule has 10 heterocycles. The zero-order valence-corrected chi connectivity index (χ0v) is 59.2. The van der Waals surface area contributed by atoms with E-state index in [9.17, 15) is 33.6 Å². The molecule has 4 N–H and O–H groups in total. The van der Waals surface area contributed by atoms with Gasteiger partial charge in [-0.2, -0.15) is 20.4 Å². The van der Waals surface area contributed by atoms with Crippen LogP contribution in [0, 0.1) is 6.92 Å². The van der Waals surface area contributed by atoms with E-state index >= 15 is 0 Å². The fourth-order valence-electron chi connectivity index (χ4n) is 13.9. The van der Waals surface area contributed by atoms with E-state index in [0.717, 1.165) is 88.7 Å². The summed E-state index contributed by atoms with van der Waals surface area (Å²) >= 11 is 0. The van der Waals surface area contributed by atoms with Crippen molar-refractivity contribution in [1.82, 2.24) is 73.1 Å². The molecule has 2 unspecified atom stereocenters. The second kappa shape index (κ2) is 28.9. The lowest BCUT2D eigenvalue weighted by Gasteiger charge is -2.16. The van der Waals surface area contributed by atoms with Crippen LogP contribution in [-0.4, -0.2) is 97.9 Å². The van der Waals surface area contributed by atoms with E-state index in [1.807, 2.05) is 179 Å². The van der Waals surface area contributed by atoms with Crippen molar-refractivity contribution in [2.24, 2.45) is 0 Å². The average Bonchev–Trinajstić information content (AvgIpc) is 1.60. The number of rotatable bonds is 3. The van der Waals surface area contributed by atoms with Gasteiger partial charge in [0.05, 0.1) is 94.6 Å². The second-order valence-electron chi connectivity index (χ2n) is 26.9. The molecule has 108 heavy (non-hydrogen) atoms. The van der Waals surface area contributed by atoms with Crippen LogP contribution >= 0.6 is 0 Å². The Kier molecular flexibility index (Phi) is 18.3. The summed E-state index contributed by atoms with van der Waals surface area (Å²) in [4.78, 5) is 103. The van der Waals surface area contributed by atoms with Gasteiger partial charge in [-0.05, 0) is 163 Å². The molecular weight excluding hydrogens is 1360 g/mol. The number of hydrogen-bond acceptors (Lipinski definition) is 14. The van der Waals surface area contributed by atoms with Crippen molar-refractivity contribution in [3.63, 3.8) is 0 Å². The predicted molar refractivity (Wildman–Crippen MR) is 412 cm³/mol. The number of hydrogen-bond donors (Lipinski definition) is 4. The molecular formula is C83H70N18O7. The fourth-order valence-corrected chi connectivity index (χ4v) is 13.9. The van der Waals surface area contributed by atoms with Crippen molar-refractivity contribution in [3.05, 3.63) is 317 Å². The molecule has 18 rings (SSSR count). The highest BCUT2D eigenvalue weighted by Gasteiger charge is 2.24. The highest BCUT2D eigenvalue weighted by Crippen LogP contribution is 2.31. The summed E-state index contributed by atoms with van der Waals surface area (Å²) in [5, 5.41) is 30.3. The van der Waals surface area contributed by atoms with Gasteiger partial charge >= 0.3 is 0 Å². The third-order valence-corrected chi connectivity index (χ3v) is 19.5. The SMILES string of the molecule is CC(=O)NCCc1ccc2c(c1)nc1n2Cc2cccc(c2)-c2ccc(=O)n(n2)C(C)c2cccc(c2)C(=O)N1.CC1c2cccc(c2)C(=O)Nc2nc3ccccc3n2Cc2cccc(c2)-c2ccc(=O)n1n2.Cc1cc(=O)n2nc1-c1cnn(c1)CCn1c(nc3ccccc31)NC(=O)c1cccc(c1)C2. The molecule has 0 spiro atoms. The summed E-state index contributed by atoms with van der Waals surface area (Å²) in [7, 11) is 0. The number of para-hydroxylation sites is 4. The Morgan fingerprint density at radius 2 is 0.935 bits per heavy atom. The number of benzene rings is 8. The number of aryl methyl sites for hydroxylation is 3.